The highest BCUT2D eigenvalue weighted by Crippen LogP contribution is 2.30. The normalized spacial score (nSPS) is 12.1. The molecule has 3 nitrogen and oxygen atoms in total. The molecule has 0 saturated heterocycles. The van der Waals surface area contributed by atoms with Crippen molar-refractivity contribution in [2.24, 2.45) is 17.2 Å². The number of nitrogens with two attached hydrogens (primary N) is 3. The molecule has 0 atom stereocenters. The highest BCUT2D eigenvalue weighted by molar-refractivity contribution is 5.78. The number of rotatable bonds is 9. The third-order valence-electron chi connectivity index (χ3n) is 5.18. The summed E-state index contributed by atoms with van der Waals surface area (Å²) in [6.07, 6.45) is 16.3. The standard InChI is InChI=1S/C30H33N3/c1-2-7-23-16-24(8-4-13-31)19-29(18-23)27-11-3-12-28(22-27)30-20-25(9-5-14-32)17-26(21-30)10-6-15-33/h2-12,16-22H,13-15,31-33H2,1H3/b7-2+,8-4+,9-5+,10-6+. The molecule has 0 amide bonds. The van der Waals surface area contributed by atoms with Gasteiger partial charge in [0, 0.05) is 19.6 Å². The van der Waals surface area contributed by atoms with E-state index in [1.807, 2.05) is 25.2 Å². The van der Waals surface area contributed by atoms with Gasteiger partial charge in [-0.05, 0) is 93.9 Å². The van der Waals surface area contributed by atoms with E-state index in [-0.39, 0.29) is 0 Å². The van der Waals surface area contributed by atoms with Crippen molar-refractivity contribution in [3.05, 3.63) is 107 Å². The number of hydrogen-bond donors (Lipinski definition) is 3. The van der Waals surface area contributed by atoms with Crippen molar-refractivity contribution in [2.75, 3.05) is 19.6 Å². The molecular weight excluding hydrogens is 402 g/mol. The van der Waals surface area contributed by atoms with Crippen LogP contribution in [0.4, 0.5) is 0 Å². The molecule has 0 radical (unpaired) electrons. The highest BCUT2D eigenvalue weighted by atomic mass is 14.5. The van der Waals surface area contributed by atoms with Crippen LogP contribution in [0.3, 0.4) is 0 Å². The van der Waals surface area contributed by atoms with Gasteiger partial charge in [0.05, 0.1) is 0 Å². The average Bonchev–Trinajstić information content (AvgIpc) is 2.85. The van der Waals surface area contributed by atoms with Gasteiger partial charge in [-0.2, -0.15) is 0 Å². The molecule has 0 spiro atoms. The van der Waals surface area contributed by atoms with Gasteiger partial charge in [-0.25, -0.2) is 0 Å². The van der Waals surface area contributed by atoms with Crippen LogP contribution in [0, 0.1) is 0 Å². The summed E-state index contributed by atoms with van der Waals surface area (Å²) < 4.78 is 0. The lowest BCUT2D eigenvalue weighted by atomic mass is 9.94. The molecule has 0 fully saturated rings. The van der Waals surface area contributed by atoms with Crippen LogP contribution < -0.4 is 17.2 Å². The Balaban J connectivity index is 2.08. The molecule has 168 valence electrons. The Morgan fingerprint density at radius 1 is 0.515 bits per heavy atom. The summed E-state index contributed by atoms with van der Waals surface area (Å²) in [5, 5.41) is 0. The van der Waals surface area contributed by atoms with Crippen molar-refractivity contribution < 1.29 is 0 Å². The summed E-state index contributed by atoms with van der Waals surface area (Å²) in [4.78, 5) is 0. The van der Waals surface area contributed by atoms with Gasteiger partial charge < -0.3 is 17.2 Å². The predicted molar refractivity (Wildman–Crippen MR) is 146 cm³/mol. The highest BCUT2D eigenvalue weighted by Gasteiger charge is 2.06. The summed E-state index contributed by atoms with van der Waals surface area (Å²) >= 11 is 0. The largest absolute Gasteiger partial charge is 0.327 e. The zero-order valence-electron chi connectivity index (χ0n) is 19.2. The lowest BCUT2D eigenvalue weighted by Gasteiger charge is -2.10. The summed E-state index contributed by atoms with van der Waals surface area (Å²) in [6.45, 7) is 3.58. The van der Waals surface area contributed by atoms with Gasteiger partial charge in [0.15, 0.2) is 0 Å². The van der Waals surface area contributed by atoms with Crippen molar-refractivity contribution in [3.63, 3.8) is 0 Å². The number of benzene rings is 3. The molecular formula is C30H33N3. The van der Waals surface area contributed by atoms with Gasteiger partial charge in [0.2, 0.25) is 0 Å². The maximum atomic E-state index is 5.67. The van der Waals surface area contributed by atoms with E-state index < -0.39 is 0 Å². The van der Waals surface area contributed by atoms with E-state index in [2.05, 4.69) is 91.0 Å². The fourth-order valence-electron chi connectivity index (χ4n) is 3.75. The summed E-state index contributed by atoms with van der Waals surface area (Å²) in [7, 11) is 0. The smallest absolute Gasteiger partial charge is 0.0110 e. The third-order valence-corrected chi connectivity index (χ3v) is 5.18. The van der Waals surface area contributed by atoms with Crippen LogP contribution in [0.25, 0.3) is 46.6 Å². The van der Waals surface area contributed by atoms with E-state index in [9.17, 15) is 0 Å². The number of allylic oxidation sites excluding steroid dienone is 1. The average molecular weight is 436 g/mol. The molecule has 3 aromatic rings. The van der Waals surface area contributed by atoms with E-state index in [0.29, 0.717) is 19.6 Å². The first-order valence-corrected chi connectivity index (χ1v) is 11.3. The maximum Gasteiger partial charge on any atom is 0.0110 e. The van der Waals surface area contributed by atoms with Crippen LogP contribution in [0.2, 0.25) is 0 Å². The second kappa shape index (κ2) is 12.5. The first-order chi connectivity index (χ1) is 16.2. The van der Waals surface area contributed by atoms with Crippen molar-refractivity contribution in [3.8, 4) is 22.3 Å². The second-order valence-corrected chi connectivity index (χ2v) is 7.77. The van der Waals surface area contributed by atoms with E-state index >= 15 is 0 Å². The monoisotopic (exact) mass is 435 g/mol. The van der Waals surface area contributed by atoms with Crippen molar-refractivity contribution in [1.29, 1.82) is 0 Å². The summed E-state index contributed by atoms with van der Waals surface area (Å²) in [6, 6.07) is 21.8. The van der Waals surface area contributed by atoms with Gasteiger partial charge in [-0.1, -0.05) is 66.8 Å². The SMILES string of the molecule is C/C=C/c1cc(/C=C/CN)cc(-c2cccc(-c3cc(/C=C/CN)cc(/C=C/CN)c3)c2)c1. The van der Waals surface area contributed by atoms with Gasteiger partial charge in [-0.15, -0.1) is 0 Å². The molecule has 0 aliphatic carbocycles. The zero-order valence-corrected chi connectivity index (χ0v) is 19.2. The minimum absolute atomic E-state index is 0.511. The molecule has 0 unspecified atom stereocenters. The Hall–Kier alpha value is -3.50. The molecule has 6 N–H and O–H groups in total. The van der Waals surface area contributed by atoms with Gasteiger partial charge in [0.25, 0.3) is 0 Å². The molecule has 0 aliphatic rings. The van der Waals surface area contributed by atoms with Crippen molar-refractivity contribution in [1.82, 2.24) is 0 Å². The quantitative estimate of drug-likeness (QED) is 0.387. The third kappa shape index (κ3) is 6.99. The van der Waals surface area contributed by atoms with E-state index in [0.717, 1.165) is 27.8 Å². The zero-order chi connectivity index (χ0) is 23.5. The van der Waals surface area contributed by atoms with Gasteiger partial charge >= 0.3 is 0 Å². The minimum atomic E-state index is 0.511. The molecule has 0 saturated carbocycles. The maximum absolute atomic E-state index is 5.67. The lowest BCUT2D eigenvalue weighted by Crippen LogP contribution is -1.93. The molecule has 0 aliphatic heterocycles. The van der Waals surface area contributed by atoms with Crippen molar-refractivity contribution in [2.45, 2.75) is 6.92 Å². The fourth-order valence-corrected chi connectivity index (χ4v) is 3.75. The first kappa shape index (κ1) is 24.1. The molecule has 33 heavy (non-hydrogen) atoms. The lowest BCUT2D eigenvalue weighted by molar-refractivity contribution is 1.26. The van der Waals surface area contributed by atoms with Gasteiger partial charge in [-0.3, -0.25) is 0 Å². The molecule has 3 heteroatoms. The molecule has 0 heterocycles. The Morgan fingerprint density at radius 2 is 0.909 bits per heavy atom. The minimum Gasteiger partial charge on any atom is -0.327 e. The number of hydrogen-bond acceptors (Lipinski definition) is 3. The van der Waals surface area contributed by atoms with Crippen LogP contribution in [-0.2, 0) is 0 Å². The summed E-state index contributed by atoms with van der Waals surface area (Å²) in [5.74, 6) is 0. The van der Waals surface area contributed by atoms with Crippen LogP contribution in [0.1, 0.15) is 29.2 Å². The molecule has 0 aromatic heterocycles. The molecule has 0 bridgehead atoms. The van der Waals surface area contributed by atoms with Crippen LogP contribution in [0.5, 0.6) is 0 Å². The van der Waals surface area contributed by atoms with E-state index in [4.69, 9.17) is 17.2 Å². The Bertz CT molecular complexity index is 1150. The van der Waals surface area contributed by atoms with E-state index in [1.165, 1.54) is 16.7 Å². The molecule has 3 rings (SSSR count). The Kier molecular flexibility index (Phi) is 9.16. The van der Waals surface area contributed by atoms with Crippen LogP contribution in [-0.4, -0.2) is 19.6 Å². The van der Waals surface area contributed by atoms with E-state index in [1.54, 1.807) is 0 Å². The predicted octanol–water partition coefficient (Wildman–Crippen LogP) is 5.97. The first-order valence-electron chi connectivity index (χ1n) is 11.3. The van der Waals surface area contributed by atoms with Crippen LogP contribution >= 0.6 is 0 Å². The summed E-state index contributed by atoms with van der Waals surface area (Å²) in [5.41, 5.74) is 26.2. The molecule has 3 aromatic carbocycles. The van der Waals surface area contributed by atoms with Gasteiger partial charge in [0.1, 0.15) is 0 Å². The second-order valence-electron chi connectivity index (χ2n) is 7.77. The fraction of sp³-hybridized carbons (Fsp3) is 0.133. The van der Waals surface area contributed by atoms with Crippen LogP contribution in [0.15, 0.2) is 85.0 Å². The Labute approximate surface area is 197 Å². The Morgan fingerprint density at radius 3 is 1.27 bits per heavy atom. The van der Waals surface area contributed by atoms with Crippen molar-refractivity contribution >= 4 is 24.3 Å². The topological polar surface area (TPSA) is 78.1 Å².